The fourth-order valence-electron chi connectivity index (χ4n) is 3.72. The van der Waals surface area contributed by atoms with E-state index >= 15 is 0 Å². The maximum atomic E-state index is 14.2. The number of nitrogens with zero attached hydrogens (tertiary/aromatic N) is 1. The Balaban J connectivity index is 0.00000132. The van der Waals surface area contributed by atoms with E-state index in [2.05, 4.69) is 82.7 Å². The lowest BCUT2D eigenvalue weighted by atomic mass is 9.98. The van der Waals surface area contributed by atoms with E-state index in [4.69, 9.17) is 0 Å². The van der Waals surface area contributed by atoms with Crippen molar-refractivity contribution in [2.45, 2.75) is 93.5 Å². The van der Waals surface area contributed by atoms with Crippen LogP contribution < -0.4 is 0 Å². The van der Waals surface area contributed by atoms with Gasteiger partial charge < -0.3 is 4.57 Å². The Morgan fingerprint density at radius 2 is 1.33 bits per heavy atom. The number of rotatable bonds is 4. The average molecular weight is 472 g/mol. The van der Waals surface area contributed by atoms with Gasteiger partial charge in [0.05, 0.1) is 5.69 Å². The van der Waals surface area contributed by atoms with E-state index in [1.807, 2.05) is 34.6 Å². The fraction of sp³-hybridized carbons (Fsp3) is 0.467. The normalized spacial score (nSPS) is 9.88. The molecule has 3 rings (SSSR count). The highest BCUT2D eigenvalue weighted by Gasteiger charge is 2.24. The van der Waals surface area contributed by atoms with Crippen LogP contribution in [0.5, 0.6) is 0 Å². The molecule has 0 amide bonds. The lowest BCUT2D eigenvalue weighted by molar-refractivity contribution is 0.591. The smallest absolute Gasteiger partial charge is 0.124 e. The highest BCUT2D eigenvalue weighted by atomic mass is 32.2. The number of hydrogen-bond acceptors (Lipinski definition) is 1. The van der Waals surface area contributed by atoms with Gasteiger partial charge in [-0.25, -0.2) is 4.39 Å². The Morgan fingerprint density at radius 3 is 1.76 bits per heavy atom. The van der Waals surface area contributed by atoms with E-state index in [0.29, 0.717) is 6.04 Å². The highest BCUT2D eigenvalue weighted by molar-refractivity contribution is 7.98. The summed E-state index contributed by atoms with van der Waals surface area (Å²) >= 11 is 1.74. The predicted molar refractivity (Wildman–Crippen MR) is 150 cm³/mol. The predicted octanol–water partition coefficient (Wildman–Crippen LogP) is 10.7. The molecule has 0 aliphatic carbocycles. The third-order valence-electron chi connectivity index (χ3n) is 4.77. The first-order valence-electron chi connectivity index (χ1n) is 12.4. The molecule has 0 aliphatic heterocycles. The van der Waals surface area contributed by atoms with Gasteiger partial charge in [-0.05, 0) is 69.7 Å². The van der Waals surface area contributed by atoms with E-state index in [-0.39, 0.29) is 5.82 Å². The number of benzene rings is 2. The van der Waals surface area contributed by atoms with Crippen LogP contribution in [0.15, 0.2) is 47.4 Å². The molecule has 0 saturated heterocycles. The lowest BCUT2D eigenvalue weighted by Crippen LogP contribution is -2.05. The van der Waals surface area contributed by atoms with Crippen molar-refractivity contribution < 1.29 is 4.39 Å². The molecule has 0 unspecified atom stereocenters. The molecule has 0 fully saturated rings. The second-order valence-corrected chi connectivity index (χ2v) is 8.71. The molecule has 0 radical (unpaired) electrons. The molecule has 184 valence electrons. The molecule has 2 aromatic carbocycles. The van der Waals surface area contributed by atoms with Gasteiger partial charge in [0.1, 0.15) is 5.82 Å². The first-order chi connectivity index (χ1) is 15.7. The second kappa shape index (κ2) is 15.8. The molecular formula is C30H46FNS. The van der Waals surface area contributed by atoms with E-state index in [9.17, 15) is 4.39 Å². The molecule has 0 atom stereocenters. The van der Waals surface area contributed by atoms with Gasteiger partial charge in [-0.3, -0.25) is 0 Å². The van der Waals surface area contributed by atoms with Crippen LogP contribution in [-0.2, 0) is 0 Å². The third-order valence-corrected chi connectivity index (χ3v) is 5.68. The summed E-state index contributed by atoms with van der Waals surface area (Å²) in [7, 11) is 0. The van der Waals surface area contributed by atoms with Crippen molar-refractivity contribution in [3.8, 4) is 22.4 Å². The van der Waals surface area contributed by atoms with Crippen molar-refractivity contribution in [2.75, 3.05) is 6.26 Å². The first kappa shape index (κ1) is 31.0. The molecule has 33 heavy (non-hydrogen) atoms. The van der Waals surface area contributed by atoms with Crippen LogP contribution in [0, 0.1) is 26.6 Å². The van der Waals surface area contributed by atoms with Crippen molar-refractivity contribution in [3.63, 3.8) is 0 Å². The monoisotopic (exact) mass is 471 g/mol. The SMILES string of the molecule is CC.CC.CCC.CSc1c(-c2cc(C)cc(F)c2)c(-c2ccc(C)cc2)n(C(C)C)c1C. The van der Waals surface area contributed by atoms with Gasteiger partial charge in [-0.1, -0.05) is 83.9 Å². The fourth-order valence-corrected chi connectivity index (χ4v) is 4.54. The van der Waals surface area contributed by atoms with Crippen LogP contribution in [0.25, 0.3) is 22.4 Å². The molecule has 3 aromatic rings. The Kier molecular flexibility index (Phi) is 14.8. The molecule has 0 bridgehead atoms. The molecule has 0 N–H and O–H groups in total. The van der Waals surface area contributed by atoms with Crippen molar-refractivity contribution in [2.24, 2.45) is 0 Å². The standard InChI is InChI=1S/C23H26FNS.C3H8.2C2H6/c1-14(2)25-17(5)23(26-6)21(19-11-16(4)12-20(24)13-19)22(25)18-9-7-15(3)8-10-18;1-3-2;2*1-2/h7-14H,1-6H3;3H2,1-2H3;2*1-2H3. The molecule has 1 heterocycles. The number of halogens is 1. The maximum absolute atomic E-state index is 14.2. The second-order valence-electron chi connectivity index (χ2n) is 7.90. The molecular weight excluding hydrogens is 425 g/mol. The Bertz CT molecular complexity index is 932. The molecule has 0 saturated carbocycles. The molecule has 1 aromatic heterocycles. The minimum Gasteiger partial charge on any atom is -0.341 e. The van der Waals surface area contributed by atoms with E-state index in [1.165, 1.54) is 33.8 Å². The number of hydrogen-bond donors (Lipinski definition) is 0. The first-order valence-corrected chi connectivity index (χ1v) is 13.6. The summed E-state index contributed by atoms with van der Waals surface area (Å²) in [6.45, 7) is 22.9. The lowest BCUT2D eigenvalue weighted by Gasteiger charge is -2.17. The zero-order valence-corrected chi connectivity index (χ0v) is 23.9. The van der Waals surface area contributed by atoms with Crippen molar-refractivity contribution in [3.05, 3.63) is 65.1 Å². The van der Waals surface area contributed by atoms with Gasteiger partial charge in [0, 0.05) is 22.2 Å². The molecule has 0 spiro atoms. The maximum Gasteiger partial charge on any atom is 0.124 e. The van der Waals surface area contributed by atoms with E-state index < -0.39 is 0 Å². The number of thioether (sulfide) groups is 1. The summed E-state index contributed by atoms with van der Waals surface area (Å²) in [5.74, 6) is -0.183. The summed E-state index contributed by atoms with van der Waals surface area (Å²) in [6, 6.07) is 14.3. The zero-order valence-electron chi connectivity index (χ0n) is 23.1. The minimum atomic E-state index is -0.183. The Labute approximate surface area is 207 Å². The highest BCUT2D eigenvalue weighted by Crippen LogP contribution is 2.45. The van der Waals surface area contributed by atoms with Gasteiger partial charge in [0.2, 0.25) is 0 Å². The minimum absolute atomic E-state index is 0.183. The third kappa shape index (κ3) is 8.07. The van der Waals surface area contributed by atoms with Crippen LogP contribution in [0.1, 0.15) is 84.7 Å². The average Bonchev–Trinajstić information content (AvgIpc) is 3.09. The summed E-state index contributed by atoms with van der Waals surface area (Å²) in [6.07, 6.45) is 3.35. The molecule has 3 heteroatoms. The van der Waals surface area contributed by atoms with Crippen LogP contribution in [0.4, 0.5) is 4.39 Å². The van der Waals surface area contributed by atoms with Crippen molar-refractivity contribution >= 4 is 11.8 Å². The summed E-state index contributed by atoms with van der Waals surface area (Å²) in [5, 5.41) is 0. The van der Waals surface area contributed by atoms with E-state index in [1.54, 1.807) is 23.9 Å². The summed E-state index contributed by atoms with van der Waals surface area (Å²) < 4.78 is 16.6. The van der Waals surface area contributed by atoms with Crippen molar-refractivity contribution in [1.29, 1.82) is 0 Å². The van der Waals surface area contributed by atoms with Gasteiger partial charge in [-0.15, -0.1) is 11.8 Å². The molecule has 0 aliphatic rings. The van der Waals surface area contributed by atoms with E-state index in [0.717, 1.165) is 16.7 Å². The summed E-state index contributed by atoms with van der Waals surface area (Å²) in [5.41, 5.74) is 7.84. The van der Waals surface area contributed by atoms with Gasteiger partial charge in [0.25, 0.3) is 0 Å². The largest absolute Gasteiger partial charge is 0.341 e. The van der Waals surface area contributed by atoms with Crippen LogP contribution in [-0.4, -0.2) is 10.8 Å². The van der Waals surface area contributed by atoms with Crippen LogP contribution >= 0.6 is 11.8 Å². The molecule has 1 nitrogen and oxygen atoms in total. The van der Waals surface area contributed by atoms with Gasteiger partial charge in [-0.2, -0.15) is 0 Å². The zero-order chi connectivity index (χ0) is 25.7. The summed E-state index contributed by atoms with van der Waals surface area (Å²) in [4.78, 5) is 1.22. The Morgan fingerprint density at radius 1 is 0.818 bits per heavy atom. The quantitative estimate of drug-likeness (QED) is 0.342. The topological polar surface area (TPSA) is 4.93 Å². The van der Waals surface area contributed by atoms with Crippen molar-refractivity contribution in [1.82, 2.24) is 4.57 Å². The Hall–Kier alpha value is -2.00. The number of aromatic nitrogens is 1. The van der Waals surface area contributed by atoms with Gasteiger partial charge >= 0.3 is 0 Å². The number of aryl methyl sites for hydroxylation is 2. The van der Waals surface area contributed by atoms with Crippen LogP contribution in [0.3, 0.4) is 0 Å². The van der Waals surface area contributed by atoms with Crippen LogP contribution in [0.2, 0.25) is 0 Å². The van der Waals surface area contributed by atoms with Gasteiger partial charge in [0.15, 0.2) is 0 Å².